The molecule has 0 bridgehead atoms. The number of carbonyl (C=O) groups excluding carboxylic acids is 2. The number of amides is 2. The second kappa shape index (κ2) is 7.59. The SMILES string of the molecule is CCCNC(=O)CNC(=O)c1cc2c(s1)CCC(CC)C2. The van der Waals surface area contributed by atoms with Crippen molar-refractivity contribution in [3.05, 3.63) is 21.4 Å². The van der Waals surface area contributed by atoms with E-state index in [0.29, 0.717) is 6.54 Å². The molecule has 2 amide bonds. The first-order chi connectivity index (χ1) is 10.1. The van der Waals surface area contributed by atoms with Gasteiger partial charge >= 0.3 is 0 Å². The molecule has 0 saturated carbocycles. The van der Waals surface area contributed by atoms with Crippen LogP contribution in [-0.2, 0) is 17.6 Å². The molecule has 0 radical (unpaired) electrons. The second-order valence-corrected chi connectivity index (χ2v) is 6.75. The molecular weight excluding hydrogens is 284 g/mol. The van der Waals surface area contributed by atoms with E-state index in [1.54, 1.807) is 11.3 Å². The highest BCUT2D eigenvalue weighted by Gasteiger charge is 2.22. The Morgan fingerprint density at radius 1 is 1.33 bits per heavy atom. The number of rotatable bonds is 6. The van der Waals surface area contributed by atoms with Gasteiger partial charge in [0.25, 0.3) is 5.91 Å². The number of carbonyl (C=O) groups is 2. The maximum absolute atomic E-state index is 12.1. The van der Waals surface area contributed by atoms with Gasteiger partial charge in [-0.15, -0.1) is 11.3 Å². The Hall–Kier alpha value is -1.36. The normalized spacial score (nSPS) is 17.1. The molecule has 4 nitrogen and oxygen atoms in total. The summed E-state index contributed by atoms with van der Waals surface area (Å²) in [6, 6.07) is 2.01. The molecule has 0 saturated heterocycles. The first-order valence-electron chi connectivity index (χ1n) is 7.80. The number of fused-ring (bicyclic) bond motifs is 1. The van der Waals surface area contributed by atoms with Gasteiger partial charge in [-0.1, -0.05) is 20.3 Å². The third kappa shape index (κ3) is 4.30. The molecule has 116 valence electrons. The lowest BCUT2D eigenvalue weighted by atomic mass is 9.87. The molecule has 2 N–H and O–H groups in total. The molecular formula is C16H24N2O2S. The van der Waals surface area contributed by atoms with Gasteiger partial charge in [-0.25, -0.2) is 0 Å². The highest BCUT2D eigenvalue weighted by molar-refractivity contribution is 7.14. The molecule has 1 heterocycles. The minimum absolute atomic E-state index is 0.0545. The minimum atomic E-state index is -0.130. The number of aryl methyl sites for hydroxylation is 1. The van der Waals surface area contributed by atoms with E-state index in [4.69, 9.17) is 0 Å². The highest BCUT2D eigenvalue weighted by Crippen LogP contribution is 2.33. The summed E-state index contributed by atoms with van der Waals surface area (Å²) in [7, 11) is 0. The molecule has 0 spiro atoms. The maximum Gasteiger partial charge on any atom is 0.261 e. The van der Waals surface area contributed by atoms with E-state index in [1.807, 2.05) is 13.0 Å². The van der Waals surface area contributed by atoms with Crippen molar-refractivity contribution in [1.29, 1.82) is 0 Å². The topological polar surface area (TPSA) is 58.2 Å². The third-order valence-corrected chi connectivity index (χ3v) is 5.20. The average molecular weight is 308 g/mol. The van der Waals surface area contributed by atoms with E-state index >= 15 is 0 Å². The van der Waals surface area contributed by atoms with Crippen LogP contribution in [0.25, 0.3) is 0 Å². The zero-order valence-electron chi connectivity index (χ0n) is 12.8. The zero-order chi connectivity index (χ0) is 15.2. The van der Waals surface area contributed by atoms with Gasteiger partial charge in [-0.3, -0.25) is 9.59 Å². The first-order valence-corrected chi connectivity index (χ1v) is 8.62. The zero-order valence-corrected chi connectivity index (χ0v) is 13.6. The quantitative estimate of drug-likeness (QED) is 0.848. The van der Waals surface area contributed by atoms with Crippen LogP contribution in [0.1, 0.15) is 53.2 Å². The summed E-state index contributed by atoms with van der Waals surface area (Å²) in [5.41, 5.74) is 1.33. The molecule has 0 aromatic carbocycles. The Kier molecular flexibility index (Phi) is 5.79. The fourth-order valence-electron chi connectivity index (χ4n) is 2.63. The van der Waals surface area contributed by atoms with Crippen LogP contribution >= 0.6 is 11.3 Å². The smallest absolute Gasteiger partial charge is 0.261 e. The van der Waals surface area contributed by atoms with E-state index in [0.717, 1.165) is 30.1 Å². The van der Waals surface area contributed by atoms with Crippen molar-refractivity contribution in [2.45, 2.75) is 46.0 Å². The number of hydrogen-bond acceptors (Lipinski definition) is 3. The van der Waals surface area contributed by atoms with Crippen molar-refractivity contribution >= 4 is 23.2 Å². The van der Waals surface area contributed by atoms with Gasteiger partial charge < -0.3 is 10.6 Å². The van der Waals surface area contributed by atoms with E-state index in [2.05, 4.69) is 17.6 Å². The highest BCUT2D eigenvalue weighted by atomic mass is 32.1. The van der Waals surface area contributed by atoms with Crippen LogP contribution < -0.4 is 10.6 Å². The minimum Gasteiger partial charge on any atom is -0.355 e. The lowest BCUT2D eigenvalue weighted by Crippen LogP contribution is -2.36. The molecule has 1 aromatic rings. The molecule has 1 aromatic heterocycles. The van der Waals surface area contributed by atoms with Gasteiger partial charge in [0.15, 0.2) is 0 Å². The van der Waals surface area contributed by atoms with Crippen molar-refractivity contribution < 1.29 is 9.59 Å². The lowest BCUT2D eigenvalue weighted by molar-refractivity contribution is -0.120. The largest absolute Gasteiger partial charge is 0.355 e. The van der Waals surface area contributed by atoms with Crippen LogP contribution in [0.3, 0.4) is 0 Å². The standard InChI is InChI=1S/C16H24N2O2S/c1-3-7-17-15(19)10-18-16(20)14-9-12-8-11(4-2)5-6-13(12)21-14/h9,11H,3-8,10H2,1-2H3,(H,17,19)(H,18,20). The van der Waals surface area contributed by atoms with Gasteiger partial charge in [-0.05, 0) is 43.2 Å². The predicted molar refractivity (Wildman–Crippen MR) is 85.8 cm³/mol. The summed E-state index contributed by atoms with van der Waals surface area (Å²) in [5, 5.41) is 5.45. The molecule has 0 aliphatic heterocycles. The van der Waals surface area contributed by atoms with Gasteiger partial charge in [0.1, 0.15) is 0 Å². The fraction of sp³-hybridized carbons (Fsp3) is 0.625. The van der Waals surface area contributed by atoms with Crippen LogP contribution in [-0.4, -0.2) is 24.9 Å². The Balaban J connectivity index is 1.89. The van der Waals surface area contributed by atoms with E-state index in [1.165, 1.54) is 23.3 Å². The fourth-order valence-corrected chi connectivity index (χ4v) is 3.76. The predicted octanol–water partition coefficient (Wildman–Crippen LogP) is 2.52. The summed E-state index contributed by atoms with van der Waals surface area (Å²) >= 11 is 1.58. The van der Waals surface area contributed by atoms with Crippen molar-refractivity contribution in [3.63, 3.8) is 0 Å². The molecule has 5 heteroatoms. The van der Waals surface area contributed by atoms with Gasteiger partial charge in [0.05, 0.1) is 11.4 Å². The summed E-state index contributed by atoms with van der Waals surface area (Å²) in [6.07, 6.45) is 5.50. The van der Waals surface area contributed by atoms with Crippen molar-refractivity contribution in [3.8, 4) is 0 Å². The second-order valence-electron chi connectivity index (χ2n) is 5.61. The van der Waals surface area contributed by atoms with E-state index in [9.17, 15) is 9.59 Å². The Bertz CT molecular complexity index is 510. The number of thiophene rings is 1. The molecule has 2 rings (SSSR count). The summed E-state index contributed by atoms with van der Waals surface area (Å²) in [6.45, 7) is 4.93. The molecule has 21 heavy (non-hydrogen) atoms. The molecule has 1 unspecified atom stereocenters. The van der Waals surface area contributed by atoms with Crippen LogP contribution in [0.15, 0.2) is 6.07 Å². The van der Waals surface area contributed by atoms with Crippen LogP contribution in [0.2, 0.25) is 0 Å². The molecule has 1 atom stereocenters. The monoisotopic (exact) mass is 308 g/mol. The van der Waals surface area contributed by atoms with Crippen LogP contribution in [0, 0.1) is 5.92 Å². The van der Waals surface area contributed by atoms with Crippen LogP contribution in [0.5, 0.6) is 0 Å². The van der Waals surface area contributed by atoms with Gasteiger partial charge in [-0.2, -0.15) is 0 Å². The van der Waals surface area contributed by atoms with Gasteiger partial charge in [0.2, 0.25) is 5.91 Å². The Morgan fingerprint density at radius 3 is 2.86 bits per heavy atom. The van der Waals surface area contributed by atoms with Crippen LogP contribution in [0.4, 0.5) is 0 Å². The maximum atomic E-state index is 12.1. The van der Waals surface area contributed by atoms with Crippen molar-refractivity contribution in [2.75, 3.05) is 13.1 Å². The summed E-state index contributed by atoms with van der Waals surface area (Å²) < 4.78 is 0. The third-order valence-electron chi connectivity index (χ3n) is 3.97. The van der Waals surface area contributed by atoms with Crippen molar-refractivity contribution in [2.24, 2.45) is 5.92 Å². The first kappa shape index (κ1) is 16.0. The lowest BCUT2D eigenvalue weighted by Gasteiger charge is -2.19. The summed E-state index contributed by atoms with van der Waals surface area (Å²) in [5.74, 6) is 0.495. The van der Waals surface area contributed by atoms with E-state index in [-0.39, 0.29) is 18.4 Å². The number of nitrogens with one attached hydrogen (secondary N) is 2. The average Bonchev–Trinajstić information content (AvgIpc) is 2.93. The Labute approximate surface area is 130 Å². The summed E-state index contributed by atoms with van der Waals surface area (Å²) in [4.78, 5) is 25.7. The molecule has 1 aliphatic rings. The molecule has 1 aliphatic carbocycles. The van der Waals surface area contributed by atoms with Gasteiger partial charge in [0, 0.05) is 11.4 Å². The van der Waals surface area contributed by atoms with Crippen molar-refractivity contribution in [1.82, 2.24) is 10.6 Å². The van der Waals surface area contributed by atoms with E-state index < -0.39 is 0 Å². The number of hydrogen-bond donors (Lipinski definition) is 2. The Morgan fingerprint density at radius 2 is 2.14 bits per heavy atom. The molecule has 0 fully saturated rings.